The lowest BCUT2D eigenvalue weighted by molar-refractivity contribution is -0.139. The Bertz CT molecular complexity index is 214. The van der Waals surface area contributed by atoms with Crippen molar-refractivity contribution in [1.82, 2.24) is 0 Å². The SMILES string of the molecule is Cl.NC1CCC([C@@H]2C[C@H]2C(=O)O)CC1. The molecule has 0 amide bonds. The highest BCUT2D eigenvalue weighted by atomic mass is 35.5. The van der Waals surface area contributed by atoms with Crippen LogP contribution < -0.4 is 5.73 Å². The summed E-state index contributed by atoms with van der Waals surface area (Å²) in [6, 6.07) is 0.373. The number of nitrogens with two attached hydrogens (primary N) is 1. The number of carboxylic acid groups (broad SMARTS) is 1. The monoisotopic (exact) mass is 219 g/mol. The smallest absolute Gasteiger partial charge is 0.306 e. The van der Waals surface area contributed by atoms with Gasteiger partial charge in [-0.05, 0) is 43.9 Å². The van der Waals surface area contributed by atoms with E-state index in [9.17, 15) is 4.79 Å². The molecule has 0 aromatic heterocycles. The summed E-state index contributed by atoms with van der Waals surface area (Å²) in [5, 5.41) is 8.78. The van der Waals surface area contributed by atoms with E-state index in [2.05, 4.69) is 0 Å². The fourth-order valence-corrected chi connectivity index (χ4v) is 2.59. The summed E-state index contributed by atoms with van der Waals surface area (Å²) in [6.07, 6.45) is 5.39. The molecule has 0 unspecified atom stereocenters. The Hall–Kier alpha value is -0.280. The summed E-state index contributed by atoms with van der Waals surface area (Å²) in [7, 11) is 0. The first-order valence-electron chi connectivity index (χ1n) is 5.17. The van der Waals surface area contributed by atoms with E-state index in [1.54, 1.807) is 0 Å². The third kappa shape index (κ3) is 2.39. The predicted octanol–water partition coefficient (Wildman–Crippen LogP) is 1.65. The minimum atomic E-state index is -0.597. The van der Waals surface area contributed by atoms with Gasteiger partial charge in [0.1, 0.15) is 0 Å². The van der Waals surface area contributed by atoms with Crippen LogP contribution in [0.15, 0.2) is 0 Å². The minimum Gasteiger partial charge on any atom is -0.481 e. The van der Waals surface area contributed by atoms with Crippen LogP contribution in [0.4, 0.5) is 0 Å². The fraction of sp³-hybridized carbons (Fsp3) is 0.900. The second-order valence-electron chi connectivity index (χ2n) is 4.52. The first-order valence-corrected chi connectivity index (χ1v) is 5.17. The summed E-state index contributed by atoms with van der Waals surface area (Å²) >= 11 is 0. The molecule has 0 aromatic carbocycles. The Labute approximate surface area is 90.5 Å². The van der Waals surface area contributed by atoms with Gasteiger partial charge in [-0.2, -0.15) is 0 Å². The molecule has 0 spiro atoms. The van der Waals surface area contributed by atoms with Crippen LogP contribution in [0.3, 0.4) is 0 Å². The Morgan fingerprint density at radius 3 is 2.21 bits per heavy atom. The highest BCUT2D eigenvalue weighted by Crippen LogP contribution is 2.49. The van der Waals surface area contributed by atoms with Gasteiger partial charge in [-0.25, -0.2) is 0 Å². The topological polar surface area (TPSA) is 63.3 Å². The molecular weight excluding hydrogens is 202 g/mol. The van der Waals surface area contributed by atoms with Crippen molar-refractivity contribution >= 4 is 18.4 Å². The highest BCUT2D eigenvalue weighted by molar-refractivity contribution is 5.85. The van der Waals surface area contributed by atoms with Crippen LogP contribution in [0.5, 0.6) is 0 Å². The van der Waals surface area contributed by atoms with E-state index in [-0.39, 0.29) is 18.3 Å². The van der Waals surface area contributed by atoms with Gasteiger partial charge < -0.3 is 10.8 Å². The normalized spacial score (nSPS) is 41.2. The molecule has 2 aliphatic carbocycles. The molecule has 2 saturated carbocycles. The van der Waals surface area contributed by atoms with Gasteiger partial charge in [0.15, 0.2) is 0 Å². The van der Waals surface area contributed by atoms with Gasteiger partial charge >= 0.3 is 5.97 Å². The maximum absolute atomic E-state index is 10.7. The molecule has 3 nitrogen and oxygen atoms in total. The van der Waals surface area contributed by atoms with Crippen molar-refractivity contribution in [3.63, 3.8) is 0 Å². The Balaban J connectivity index is 0.000000980. The number of hydrogen-bond acceptors (Lipinski definition) is 2. The van der Waals surface area contributed by atoms with Crippen molar-refractivity contribution in [2.45, 2.75) is 38.1 Å². The first kappa shape index (κ1) is 11.8. The molecule has 0 saturated heterocycles. The Morgan fingerprint density at radius 1 is 1.21 bits per heavy atom. The van der Waals surface area contributed by atoms with Crippen LogP contribution in [-0.4, -0.2) is 17.1 Å². The summed E-state index contributed by atoms with van der Waals surface area (Å²) in [5.41, 5.74) is 5.80. The van der Waals surface area contributed by atoms with Gasteiger partial charge in [0.2, 0.25) is 0 Å². The average Bonchev–Trinajstić information content (AvgIpc) is 2.85. The molecule has 0 radical (unpaired) electrons. The van der Waals surface area contributed by atoms with Gasteiger partial charge in [0, 0.05) is 6.04 Å². The zero-order valence-electron chi connectivity index (χ0n) is 8.19. The van der Waals surface area contributed by atoms with E-state index < -0.39 is 5.97 Å². The van der Waals surface area contributed by atoms with E-state index in [0.717, 1.165) is 32.1 Å². The molecule has 82 valence electrons. The Morgan fingerprint density at radius 2 is 1.79 bits per heavy atom. The van der Waals surface area contributed by atoms with Gasteiger partial charge in [-0.1, -0.05) is 0 Å². The largest absolute Gasteiger partial charge is 0.481 e. The quantitative estimate of drug-likeness (QED) is 0.742. The van der Waals surface area contributed by atoms with Crippen LogP contribution in [-0.2, 0) is 4.79 Å². The molecule has 14 heavy (non-hydrogen) atoms. The molecule has 0 heterocycles. The number of carboxylic acids is 1. The van der Waals surface area contributed by atoms with E-state index in [1.807, 2.05) is 0 Å². The minimum absolute atomic E-state index is 0. The molecule has 0 bridgehead atoms. The zero-order chi connectivity index (χ0) is 9.42. The molecule has 2 rings (SSSR count). The predicted molar refractivity (Wildman–Crippen MR) is 56.4 cm³/mol. The van der Waals surface area contributed by atoms with Gasteiger partial charge in [-0.3, -0.25) is 4.79 Å². The summed E-state index contributed by atoms with van der Waals surface area (Å²) < 4.78 is 0. The lowest BCUT2D eigenvalue weighted by Gasteiger charge is -2.25. The first-order chi connectivity index (χ1) is 6.18. The number of halogens is 1. The second-order valence-corrected chi connectivity index (χ2v) is 4.52. The Kier molecular flexibility index (Phi) is 3.78. The van der Waals surface area contributed by atoms with Crippen LogP contribution in [0.25, 0.3) is 0 Å². The van der Waals surface area contributed by atoms with Crippen molar-refractivity contribution in [2.24, 2.45) is 23.5 Å². The zero-order valence-corrected chi connectivity index (χ0v) is 9.00. The maximum atomic E-state index is 10.7. The molecule has 2 fully saturated rings. The van der Waals surface area contributed by atoms with Crippen molar-refractivity contribution in [2.75, 3.05) is 0 Å². The lowest BCUT2D eigenvalue weighted by atomic mass is 9.83. The van der Waals surface area contributed by atoms with Crippen LogP contribution >= 0.6 is 12.4 Å². The van der Waals surface area contributed by atoms with Crippen molar-refractivity contribution < 1.29 is 9.90 Å². The van der Waals surface area contributed by atoms with Crippen LogP contribution in [0, 0.1) is 17.8 Å². The number of aliphatic carboxylic acids is 1. The lowest BCUT2D eigenvalue weighted by Crippen LogP contribution is -2.27. The van der Waals surface area contributed by atoms with E-state index in [1.165, 1.54) is 0 Å². The fourth-order valence-electron chi connectivity index (χ4n) is 2.59. The average molecular weight is 220 g/mol. The number of carbonyl (C=O) groups is 1. The summed E-state index contributed by atoms with van der Waals surface area (Å²) in [4.78, 5) is 10.7. The summed E-state index contributed by atoms with van der Waals surface area (Å²) in [6.45, 7) is 0. The molecule has 2 aliphatic rings. The molecule has 3 N–H and O–H groups in total. The van der Waals surface area contributed by atoms with E-state index in [4.69, 9.17) is 10.8 Å². The number of rotatable bonds is 2. The van der Waals surface area contributed by atoms with Crippen molar-refractivity contribution in [1.29, 1.82) is 0 Å². The second kappa shape index (κ2) is 4.49. The number of hydrogen-bond donors (Lipinski definition) is 2. The van der Waals surface area contributed by atoms with Crippen molar-refractivity contribution in [3.8, 4) is 0 Å². The standard InChI is InChI=1S/C10H17NO2.ClH/c11-7-3-1-6(2-4-7)8-5-9(8)10(12)13;/h6-9H,1-5,11H2,(H,12,13);1H/t6?,7?,8-,9+;/m0./s1. The van der Waals surface area contributed by atoms with E-state index in [0.29, 0.717) is 17.9 Å². The van der Waals surface area contributed by atoms with Crippen LogP contribution in [0.2, 0.25) is 0 Å². The maximum Gasteiger partial charge on any atom is 0.306 e. The summed E-state index contributed by atoms with van der Waals surface area (Å²) in [5.74, 6) is 0.505. The third-order valence-electron chi connectivity index (χ3n) is 3.58. The molecule has 0 aliphatic heterocycles. The van der Waals surface area contributed by atoms with Crippen LogP contribution in [0.1, 0.15) is 32.1 Å². The van der Waals surface area contributed by atoms with Gasteiger partial charge in [-0.15, -0.1) is 12.4 Å². The van der Waals surface area contributed by atoms with Crippen molar-refractivity contribution in [3.05, 3.63) is 0 Å². The molecular formula is C10H18ClNO2. The molecule has 2 atom stereocenters. The van der Waals surface area contributed by atoms with Gasteiger partial charge in [0.25, 0.3) is 0 Å². The molecule has 4 heteroatoms. The van der Waals surface area contributed by atoms with Gasteiger partial charge in [0.05, 0.1) is 5.92 Å². The third-order valence-corrected chi connectivity index (χ3v) is 3.58. The van der Waals surface area contributed by atoms with E-state index >= 15 is 0 Å². The molecule has 0 aromatic rings. The highest BCUT2D eigenvalue weighted by Gasteiger charge is 2.47.